The number of alkyl halides is 5. The van der Waals surface area contributed by atoms with Crippen LogP contribution in [0.25, 0.3) is 0 Å². The molecule has 2 aromatic carbocycles. The van der Waals surface area contributed by atoms with E-state index < -0.39 is 23.7 Å². The number of halogens is 6. The van der Waals surface area contributed by atoms with Crippen molar-refractivity contribution in [1.82, 2.24) is 0 Å². The molecule has 10 heteroatoms. The second-order valence-corrected chi connectivity index (χ2v) is 5.62. The molecule has 0 aromatic heterocycles. The highest BCUT2D eigenvalue weighted by Gasteiger charge is 2.62. The van der Waals surface area contributed by atoms with Gasteiger partial charge in [0.2, 0.25) is 0 Å². The van der Waals surface area contributed by atoms with Crippen molar-refractivity contribution in [3.8, 4) is 17.2 Å². The van der Waals surface area contributed by atoms with Gasteiger partial charge in [0.15, 0.2) is 11.5 Å². The van der Waals surface area contributed by atoms with Crippen molar-refractivity contribution in [2.75, 3.05) is 14.2 Å². The summed E-state index contributed by atoms with van der Waals surface area (Å²) in [6, 6.07) is 8.10. The summed E-state index contributed by atoms with van der Waals surface area (Å²) in [5.74, 6) is -5.37. The van der Waals surface area contributed by atoms with Gasteiger partial charge in [-0.2, -0.15) is 22.0 Å². The maximum Gasteiger partial charge on any atom is 0.455 e. The Bertz CT molecular complexity index is 772. The number of nitrogens with two attached hydrogens (primary N) is 1. The van der Waals surface area contributed by atoms with Gasteiger partial charge in [-0.15, -0.1) is 12.4 Å². The van der Waals surface area contributed by atoms with Crippen LogP contribution in [0.3, 0.4) is 0 Å². The van der Waals surface area contributed by atoms with Gasteiger partial charge in [0.25, 0.3) is 0 Å². The van der Waals surface area contributed by atoms with Crippen LogP contribution in [0.1, 0.15) is 17.2 Å². The average Bonchev–Trinajstić information content (AvgIpc) is 2.64. The third-order valence-electron chi connectivity index (χ3n) is 3.86. The molecule has 0 fully saturated rings. The summed E-state index contributed by atoms with van der Waals surface area (Å²) in [5, 5.41) is 0. The number of benzene rings is 2. The Hall–Kier alpha value is -2.26. The van der Waals surface area contributed by atoms with Crippen LogP contribution in [0.5, 0.6) is 17.2 Å². The lowest BCUT2D eigenvalue weighted by Crippen LogP contribution is -2.46. The van der Waals surface area contributed by atoms with E-state index in [2.05, 4.69) is 0 Å². The fraction of sp³-hybridized carbons (Fsp3) is 0.333. The van der Waals surface area contributed by atoms with Crippen LogP contribution in [-0.2, 0) is 6.61 Å². The monoisotopic (exact) mass is 427 g/mol. The molecule has 2 N–H and O–H groups in total. The van der Waals surface area contributed by atoms with Gasteiger partial charge in [0, 0.05) is 11.6 Å². The van der Waals surface area contributed by atoms with Crippen LogP contribution in [0.15, 0.2) is 42.5 Å². The van der Waals surface area contributed by atoms with Crippen molar-refractivity contribution in [1.29, 1.82) is 0 Å². The molecule has 0 radical (unpaired) electrons. The number of ether oxygens (including phenoxy) is 3. The molecule has 156 valence electrons. The first-order chi connectivity index (χ1) is 12.6. The molecule has 0 aliphatic rings. The van der Waals surface area contributed by atoms with Crippen molar-refractivity contribution >= 4 is 12.4 Å². The standard InChI is InChI=1S/C18H18F5NO3.ClH/c1-25-14-8-12(16(24)17(19,20)18(21,22)23)13(9-15(14)26-2)27-10-11-6-4-3-5-7-11;/h3-9,16H,10,24H2,1-2H3;1H/t16-;/m1./s1. The summed E-state index contributed by atoms with van der Waals surface area (Å²) in [6.45, 7) is -0.0619. The number of hydrogen-bond donors (Lipinski definition) is 1. The lowest BCUT2D eigenvalue weighted by Gasteiger charge is -2.28. The zero-order chi connectivity index (χ0) is 20.2. The van der Waals surface area contributed by atoms with Crippen LogP contribution in [0.2, 0.25) is 0 Å². The largest absolute Gasteiger partial charge is 0.493 e. The number of rotatable bonds is 7. The fourth-order valence-electron chi connectivity index (χ4n) is 2.35. The van der Waals surface area contributed by atoms with E-state index in [0.29, 0.717) is 5.56 Å². The van der Waals surface area contributed by atoms with Gasteiger partial charge < -0.3 is 19.9 Å². The predicted molar refractivity (Wildman–Crippen MR) is 95.5 cm³/mol. The molecular formula is C18H19ClF5NO3. The van der Waals surface area contributed by atoms with Gasteiger partial charge in [0.05, 0.1) is 14.2 Å². The first kappa shape index (κ1) is 23.8. The second kappa shape index (κ2) is 9.29. The molecule has 0 spiro atoms. The molecule has 0 aliphatic heterocycles. The Morgan fingerprint density at radius 2 is 1.43 bits per heavy atom. The Balaban J connectivity index is 0.00000392. The topological polar surface area (TPSA) is 53.7 Å². The zero-order valence-electron chi connectivity index (χ0n) is 14.9. The Morgan fingerprint density at radius 3 is 1.93 bits per heavy atom. The van der Waals surface area contributed by atoms with Crippen molar-refractivity contribution in [2.45, 2.75) is 24.7 Å². The van der Waals surface area contributed by atoms with E-state index in [4.69, 9.17) is 19.9 Å². The molecule has 0 heterocycles. The molecule has 0 bridgehead atoms. The molecular weight excluding hydrogens is 409 g/mol. The molecule has 0 amide bonds. The summed E-state index contributed by atoms with van der Waals surface area (Å²) in [4.78, 5) is 0. The Kier molecular flexibility index (Phi) is 7.89. The predicted octanol–water partition coefficient (Wildman–Crippen LogP) is 4.90. The smallest absolute Gasteiger partial charge is 0.455 e. The minimum Gasteiger partial charge on any atom is -0.493 e. The summed E-state index contributed by atoms with van der Waals surface area (Å²) >= 11 is 0. The SMILES string of the molecule is COc1cc(OCc2ccccc2)c([C@@H](N)C(F)(F)C(F)(F)F)cc1OC.Cl. The summed E-state index contributed by atoms with van der Waals surface area (Å²) in [7, 11) is 2.52. The van der Waals surface area contributed by atoms with Gasteiger partial charge in [-0.05, 0) is 11.6 Å². The third kappa shape index (κ3) is 4.96. The molecule has 1 atom stereocenters. The number of hydrogen-bond acceptors (Lipinski definition) is 4. The quantitative estimate of drug-likeness (QED) is 0.638. The van der Waals surface area contributed by atoms with E-state index in [1.807, 2.05) is 0 Å². The summed E-state index contributed by atoms with van der Waals surface area (Å²) < 4.78 is 81.4. The first-order valence-electron chi connectivity index (χ1n) is 7.74. The van der Waals surface area contributed by atoms with E-state index in [1.54, 1.807) is 30.3 Å². The van der Waals surface area contributed by atoms with Gasteiger partial charge in [-0.3, -0.25) is 0 Å². The van der Waals surface area contributed by atoms with Crippen LogP contribution >= 0.6 is 12.4 Å². The molecule has 0 aliphatic carbocycles. The summed E-state index contributed by atoms with van der Waals surface area (Å²) in [5.41, 5.74) is 5.44. The molecule has 0 saturated heterocycles. The van der Waals surface area contributed by atoms with Crippen molar-refractivity contribution in [3.63, 3.8) is 0 Å². The van der Waals surface area contributed by atoms with Crippen molar-refractivity contribution in [2.24, 2.45) is 5.73 Å². The Morgan fingerprint density at radius 1 is 0.893 bits per heavy atom. The maximum absolute atomic E-state index is 13.8. The van der Waals surface area contributed by atoms with Crippen LogP contribution in [0.4, 0.5) is 22.0 Å². The van der Waals surface area contributed by atoms with Gasteiger partial charge in [0.1, 0.15) is 18.4 Å². The maximum atomic E-state index is 13.8. The highest BCUT2D eigenvalue weighted by Crippen LogP contribution is 2.47. The van der Waals surface area contributed by atoms with Crippen molar-refractivity contribution in [3.05, 3.63) is 53.6 Å². The number of methoxy groups -OCH3 is 2. The lowest BCUT2D eigenvalue weighted by atomic mass is 9.99. The normalized spacial score (nSPS) is 12.7. The minimum absolute atomic E-state index is 0. The fourth-order valence-corrected chi connectivity index (χ4v) is 2.35. The van der Waals surface area contributed by atoms with Crippen molar-refractivity contribution < 1.29 is 36.2 Å². The average molecular weight is 428 g/mol. The molecule has 4 nitrogen and oxygen atoms in total. The van der Waals surface area contributed by atoms with E-state index in [1.165, 1.54) is 20.3 Å². The lowest BCUT2D eigenvalue weighted by molar-refractivity contribution is -0.291. The summed E-state index contributed by atoms with van der Waals surface area (Å²) in [6.07, 6.45) is -5.82. The first-order valence-corrected chi connectivity index (χ1v) is 7.74. The zero-order valence-corrected chi connectivity index (χ0v) is 15.7. The van der Waals surface area contributed by atoms with E-state index in [9.17, 15) is 22.0 Å². The van der Waals surface area contributed by atoms with E-state index in [-0.39, 0.29) is 36.3 Å². The second-order valence-electron chi connectivity index (χ2n) is 5.62. The van der Waals surface area contributed by atoms with Crippen LogP contribution in [0, 0.1) is 0 Å². The molecule has 2 rings (SSSR count). The van der Waals surface area contributed by atoms with Gasteiger partial charge in [-0.25, -0.2) is 0 Å². The highest BCUT2D eigenvalue weighted by atomic mass is 35.5. The van der Waals surface area contributed by atoms with E-state index in [0.717, 1.165) is 6.07 Å². The molecule has 0 unspecified atom stereocenters. The molecule has 0 saturated carbocycles. The van der Waals surface area contributed by atoms with Crippen LogP contribution in [-0.4, -0.2) is 26.3 Å². The van der Waals surface area contributed by atoms with E-state index >= 15 is 0 Å². The molecule has 28 heavy (non-hydrogen) atoms. The van der Waals surface area contributed by atoms with Crippen LogP contribution < -0.4 is 19.9 Å². The molecule has 2 aromatic rings. The third-order valence-corrected chi connectivity index (χ3v) is 3.86. The highest BCUT2D eigenvalue weighted by molar-refractivity contribution is 5.85. The van der Waals surface area contributed by atoms with Gasteiger partial charge in [-0.1, -0.05) is 30.3 Å². The van der Waals surface area contributed by atoms with Gasteiger partial charge >= 0.3 is 12.1 Å². The minimum atomic E-state index is -5.82. The Labute approximate surface area is 164 Å².